The van der Waals surface area contributed by atoms with E-state index in [-0.39, 0.29) is 24.0 Å². The van der Waals surface area contributed by atoms with Crippen LogP contribution in [0.1, 0.15) is 51.4 Å². The van der Waals surface area contributed by atoms with Crippen molar-refractivity contribution in [2.45, 2.75) is 63.6 Å². The molecule has 3 aliphatic rings. The minimum atomic E-state index is -0.804. The van der Waals surface area contributed by atoms with Gasteiger partial charge in [-0.15, -0.1) is 0 Å². The largest absolute Gasteiger partial charge is 0.409 e. The smallest absolute Gasteiger partial charge is 0.236 e. The van der Waals surface area contributed by atoms with Crippen LogP contribution in [0.15, 0.2) is 5.16 Å². The molecule has 1 saturated carbocycles. The lowest BCUT2D eigenvalue weighted by molar-refractivity contribution is -0.147. The van der Waals surface area contributed by atoms with Crippen molar-refractivity contribution in [3.8, 4) is 0 Å². The van der Waals surface area contributed by atoms with Gasteiger partial charge in [0.2, 0.25) is 5.91 Å². The van der Waals surface area contributed by atoms with E-state index in [0.717, 1.165) is 38.5 Å². The van der Waals surface area contributed by atoms with E-state index in [1.807, 2.05) is 4.90 Å². The van der Waals surface area contributed by atoms with Crippen LogP contribution >= 0.6 is 0 Å². The molecule has 3 rings (SSSR count). The highest BCUT2D eigenvalue weighted by Gasteiger charge is 2.48. The van der Waals surface area contributed by atoms with E-state index in [1.165, 1.54) is 0 Å². The van der Waals surface area contributed by atoms with Crippen molar-refractivity contribution in [2.75, 3.05) is 13.1 Å². The summed E-state index contributed by atoms with van der Waals surface area (Å²) in [4.78, 5) is 15.0. The predicted octanol–water partition coefficient (Wildman–Crippen LogP) is 1.46. The first-order chi connectivity index (χ1) is 10.2. The van der Waals surface area contributed by atoms with Crippen LogP contribution in [0.3, 0.4) is 0 Å². The number of nitrogens with two attached hydrogens (primary N) is 1. The van der Waals surface area contributed by atoms with Gasteiger partial charge in [-0.3, -0.25) is 4.79 Å². The summed E-state index contributed by atoms with van der Waals surface area (Å²) < 4.78 is 5.80. The van der Waals surface area contributed by atoms with Gasteiger partial charge in [-0.25, -0.2) is 0 Å². The Labute approximate surface area is 125 Å². The number of hydrogen-bond donors (Lipinski definition) is 2. The van der Waals surface area contributed by atoms with Gasteiger partial charge in [0, 0.05) is 13.1 Å². The van der Waals surface area contributed by atoms with Crippen molar-refractivity contribution in [1.29, 1.82) is 0 Å². The zero-order valence-electron chi connectivity index (χ0n) is 12.5. The Morgan fingerprint density at radius 2 is 1.71 bits per heavy atom. The highest BCUT2D eigenvalue weighted by molar-refractivity contribution is 6.06. The molecule has 1 amide bonds. The maximum Gasteiger partial charge on any atom is 0.236 e. The minimum absolute atomic E-state index is 0.0416. The molecule has 21 heavy (non-hydrogen) atoms. The number of likely N-dealkylation sites (tertiary alicyclic amines) is 1. The van der Waals surface area contributed by atoms with Crippen LogP contribution in [0.4, 0.5) is 0 Å². The number of carbonyl (C=O) groups is 1. The number of ether oxygens (including phenoxy) is 1. The van der Waals surface area contributed by atoms with Crippen LogP contribution in [0.2, 0.25) is 0 Å². The van der Waals surface area contributed by atoms with Gasteiger partial charge >= 0.3 is 0 Å². The Morgan fingerprint density at radius 1 is 1.14 bits per heavy atom. The maximum absolute atomic E-state index is 13.1. The summed E-state index contributed by atoms with van der Waals surface area (Å²) in [6, 6.07) is 0. The molecule has 2 saturated heterocycles. The number of rotatable bonds is 2. The lowest BCUT2D eigenvalue weighted by Crippen LogP contribution is -2.55. The summed E-state index contributed by atoms with van der Waals surface area (Å²) in [5.41, 5.74) is 5.16. The van der Waals surface area contributed by atoms with Gasteiger partial charge < -0.3 is 20.6 Å². The van der Waals surface area contributed by atoms with Crippen molar-refractivity contribution in [3.63, 3.8) is 0 Å². The Morgan fingerprint density at radius 3 is 2.24 bits per heavy atom. The number of amidine groups is 1. The molecule has 2 bridgehead atoms. The molecular formula is C15H25N3O3. The zero-order chi connectivity index (χ0) is 14.9. The molecule has 1 aliphatic carbocycles. The molecule has 118 valence electrons. The lowest BCUT2D eigenvalue weighted by Gasteiger charge is -2.39. The van der Waals surface area contributed by atoms with Crippen LogP contribution in [0.5, 0.6) is 0 Å². The summed E-state index contributed by atoms with van der Waals surface area (Å²) in [7, 11) is 0. The third kappa shape index (κ3) is 2.61. The normalized spacial score (nSPS) is 32.8. The first kappa shape index (κ1) is 14.6. The van der Waals surface area contributed by atoms with Gasteiger partial charge in [0.1, 0.15) is 5.41 Å². The number of fused-ring (bicyclic) bond motifs is 2. The summed E-state index contributed by atoms with van der Waals surface area (Å²) in [5.74, 6) is 0.133. The van der Waals surface area contributed by atoms with Gasteiger partial charge in [-0.05, 0) is 25.7 Å². The van der Waals surface area contributed by atoms with Crippen LogP contribution in [-0.2, 0) is 9.53 Å². The van der Waals surface area contributed by atoms with Crippen molar-refractivity contribution in [1.82, 2.24) is 4.90 Å². The predicted molar refractivity (Wildman–Crippen MR) is 78.0 cm³/mol. The third-order valence-electron chi connectivity index (χ3n) is 5.30. The van der Waals surface area contributed by atoms with E-state index >= 15 is 0 Å². The van der Waals surface area contributed by atoms with Crippen LogP contribution < -0.4 is 5.73 Å². The number of nitrogens with zero attached hydrogens (tertiary/aromatic N) is 2. The summed E-state index contributed by atoms with van der Waals surface area (Å²) in [6.07, 6.45) is 7.92. The molecule has 3 fully saturated rings. The third-order valence-corrected chi connectivity index (χ3v) is 5.30. The van der Waals surface area contributed by atoms with E-state index in [2.05, 4.69) is 5.16 Å². The molecule has 0 aromatic carbocycles. The Hall–Kier alpha value is -1.30. The minimum Gasteiger partial charge on any atom is -0.409 e. The van der Waals surface area contributed by atoms with Gasteiger partial charge in [-0.2, -0.15) is 0 Å². The molecule has 0 aromatic rings. The Bertz CT molecular complexity index is 418. The highest BCUT2D eigenvalue weighted by atomic mass is 16.5. The quantitative estimate of drug-likeness (QED) is 0.265. The van der Waals surface area contributed by atoms with Crippen LogP contribution in [0, 0.1) is 5.41 Å². The standard InChI is InChI=1S/C15H25N3O3/c16-13(17-20)15(7-3-1-2-4-8-15)14(19)18-9-11-5-6-12(10-18)21-11/h11-12,20H,1-10H2,(H2,16,17). The van der Waals surface area contributed by atoms with E-state index in [1.54, 1.807) is 0 Å². The fraction of sp³-hybridized carbons (Fsp3) is 0.867. The molecular weight excluding hydrogens is 270 g/mol. The number of carbonyl (C=O) groups excluding carboxylic acids is 1. The molecule has 6 heteroatoms. The molecule has 6 nitrogen and oxygen atoms in total. The van der Waals surface area contributed by atoms with Gasteiger partial charge in [-0.1, -0.05) is 30.8 Å². The number of oxime groups is 1. The molecule has 2 unspecified atom stereocenters. The van der Waals surface area contributed by atoms with Crippen molar-refractivity contribution >= 4 is 11.7 Å². The molecule has 2 atom stereocenters. The van der Waals surface area contributed by atoms with Crippen LogP contribution in [0.25, 0.3) is 0 Å². The fourth-order valence-corrected chi connectivity index (χ4v) is 4.09. The molecule has 0 radical (unpaired) electrons. The van der Waals surface area contributed by atoms with E-state index < -0.39 is 5.41 Å². The number of morpholine rings is 1. The number of amides is 1. The van der Waals surface area contributed by atoms with Crippen molar-refractivity contribution in [2.24, 2.45) is 16.3 Å². The molecule has 0 spiro atoms. The highest BCUT2D eigenvalue weighted by Crippen LogP contribution is 2.39. The molecule has 3 N–H and O–H groups in total. The Kier molecular flexibility index (Phi) is 4.06. The van der Waals surface area contributed by atoms with E-state index in [0.29, 0.717) is 25.9 Å². The topological polar surface area (TPSA) is 88.2 Å². The van der Waals surface area contributed by atoms with Crippen molar-refractivity contribution in [3.05, 3.63) is 0 Å². The van der Waals surface area contributed by atoms with Gasteiger partial charge in [0.25, 0.3) is 0 Å². The molecule has 0 aromatic heterocycles. The van der Waals surface area contributed by atoms with E-state index in [9.17, 15) is 10.0 Å². The maximum atomic E-state index is 13.1. The summed E-state index contributed by atoms with van der Waals surface area (Å²) in [5, 5.41) is 12.4. The number of hydrogen-bond acceptors (Lipinski definition) is 4. The first-order valence-corrected chi connectivity index (χ1v) is 8.08. The van der Waals surface area contributed by atoms with Gasteiger partial charge in [0.15, 0.2) is 5.84 Å². The SMILES string of the molecule is NC(=NO)C1(C(=O)N2CC3CCC(C2)O3)CCCCCC1. The second kappa shape index (κ2) is 5.83. The van der Waals surface area contributed by atoms with E-state index in [4.69, 9.17) is 10.5 Å². The molecule has 2 aliphatic heterocycles. The Balaban J connectivity index is 1.83. The average molecular weight is 295 g/mol. The zero-order valence-corrected chi connectivity index (χ0v) is 12.5. The monoisotopic (exact) mass is 295 g/mol. The van der Waals surface area contributed by atoms with Gasteiger partial charge in [0.05, 0.1) is 12.2 Å². The second-order valence-corrected chi connectivity index (χ2v) is 6.65. The lowest BCUT2D eigenvalue weighted by atomic mass is 9.77. The second-order valence-electron chi connectivity index (χ2n) is 6.65. The average Bonchev–Trinajstić information content (AvgIpc) is 2.72. The van der Waals surface area contributed by atoms with Crippen LogP contribution in [-0.4, -0.2) is 47.1 Å². The summed E-state index contributed by atoms with van der Waals surface area (Å²) in [6.45, 7) is 1.30. The fourth-order valence-electron chi connectivity index (χ4n) is 4.09. The van der Waals surface area contributed by atoms with Crippen molar-refractivity contribution < 1.29 is 14.7 Å². The first-order valence-electron chi connectivity index (χ1n) is 8.08. The summed E-state index contributed by atoms with van der Waals surface area (Å²) >= 11 is 0. The molecule has 2 heterocycles.